The Morgan fingerprint density at radius 3 is 2.88 bits per heavy atom. The van der Waals surface area contributed by atoms with E-state index in [0.717, 1.165) is 40.7 Å². The van der Waals surface area contributed by atoms with Crippen molar-refractivity contribution in [3.63, 3.8) is 0 Å². The Morgan fingerprint density at radius 1 is 1.16 bits per heavy atom. The van der Waals surface area contributed by atoms with E-state index in [0.29, 0.717) is 17.2 Å². The number of fused-ring (bicyclic) bond motifs is 1. The SMILES string of the molecule is Cc1ccc(NC(=O)Nc2ncc(Cc3nc4ncccc4[nH]3)s2)c(N2CCCCC2)c1. The maximum atomic E-state index is 12.7. The van der Waals surface area contributed by atoms with Crippen LogP contribution in [0.1, 0.15) is 35.5 Å². The standard InChI is InChI=1S/C23H25N7OS/c1-15-7-8-17(19(12-15)30-10-3-2-4-11-30)27-22(31)29-23-25-14-16(32-23)13-20-26-18-6-5-9-24-21(18)28-20/h5-9,12,14H,2-4,10-11,13H2,1H3,(H,24,26,28)(H2,25,27,29,31). The quantitative estimate of drug-likeness (QED) is 0.402. The molecule has 5 rings (SSSR count). The fraction of sp³-hybridized carbons (Fsp3) is 0.304. The van der Waals surface area contributed by atoms with Gasteiger partial charge in [-0.15, -0.1) is 11.3 Å². The number of carbonyl (C=O) groups excluding carboxylic acids is 1. The zero-order valence-electron chi connectivity index (χ0n) is 17.9. The lowest BCUT2D eigenvalue weighted by molar-refractivity contribution is 0.262. The van der Waals surface area contributed by atoms with Crippen molar-refractivity contribution in [2.75, 3.05) is 28.6 Å². The molecule has 0 atom stereocenters. The minimum Gasteiger partial charge on any atom is -0.370 e. The van der Waals surface area contributed by atoms with Crippen molar-refractivity contribution in [1.29, 1.82) is 0 Å². The molecule has 1 aromatic carbocycles. The molecular weight excluding hydrogens is 422 g/mol. The van der Waals surface area contributed by atoms with Gasteiger partial charge in [-0.3, -0.25) is 5.32 Å². The number of nitrogens with zero attached hydrogens (tertiary/aromatic N) is 4. The van der Waals surface area contributed by atoms with Gasteiger partial charge in [0.25, 0.3) is 0 Å². The second kappa shape index (κ2) is 8.96. The lowest BCUT2D eigenvalue weighted by Crippen LogP contribution is -2.31. The minimum atomic E-state index is -0.291. The molecule has 0 bridgehead atoms. The molecule has 1 aliphatic rings. The van der Waals surface area contributed by atoms with Crippen LogP contribution in [-0.4, -0.2) is 39.1 Å². The van der Waals surface area contributed by atoms with Crippen LogP contribution >= 0.6 is 11.3 Å². The predicted molar refractivity (Wildman–Crippen MR) is 129 cm³/mol. The van der Waals surface area contributed by atoms with Crippen LogP contribution in [0.25, 0.3) is 11.2 Å². The van der Waals surface area contributed by atoms with Gasteiger partial charge in [0.05, 0.1) is 16.9 Å². The Hall–Kier alpha value is -3.46. The molecule has 0 radical (unpaired) electrons. The molecule has 4 heterocycles. The van der Waals surface area contributed by atoms with Gasteiger partial charge < -0.3 is 15.2 Å². The van der Waals surface area contributed by atoms with E-state index in [1.54, 1.807) is 12.4 Å². The lowest BCUT2D eigenvalue weighted by atomic mass is 10.1. The number of anilines is 3. The lowest BCUT2D eigenvalue weighted by Gasteiger charge is -2.30. The number of nitrogens with one attached hydrogen (secondary N) is 3. The van der Waals surface area contributed by atoms with Gasteiger partial charge in [0.15, 0.2) is 10.8 Å². The molecular formula is C23H25N7OS. The highest BCUT2D eigenvalue weighted by molar-refractivity contribution is 7.15. The summed E-state index contributed by atoms with van der Waals surface area (Å²) in [6.07, 6.45) is 7.74. The Balaban J connectivity index is 1.25. The third-order valence-electron chi connectivity index (χ3n) is 5.52. The first kappa shape index (κ1) is 20.4. The number of benzene rings is 1. The highest BCUT2D eigenvalue weighted by atomic mass is 32.1. The van der Waals surface area contributed by atoms with E-state index in [1.807, 2.05) is 24.3 Å². The maximum absolute atomic E-state index is 12.7. The minimum absolute atomic E-state index is 0.291. The summed E-state index contributed by atoms with van der Waals surface area (Å²) in [4.78, 5) is 32.4. The van der Waals surface area contributed by atoms with Crippen molar-refractivity contribution in [3.05, 3.63) is 59.0 Å². The fourth-order valence-corrected chi connectivity index (χ4v) is 4.80. The molecule has 0 unspecified atom stereocenters. The summed E-state index contributed by atoms with van der Waals surface area (Å²) < 4.78 is 0. The first-order valence-corrected chi connectivity index (χ1v) is 11.6. The molecule has 1 aliphatic heterocycles. The van der Waals surface area contributed by atoms with Gasteiger partial charge in [-0.2, -0.15) is 0 Å². The zero-order chi connectivity index (χ0) is 21.9. The van der Waals surface area contributed by atoms with E-state index in [-0.39, 0.29) is 6.03 Å². The van der Waals surface area contributed by atoms with Crippen molar-refractivity contribution in [2.45, 2.75) is 32.6 Å². The molecule has 3 aromatic heterocycles. The molecule has 3 N–H and O–H groups in total. The summed E-state index contributed by atoms with van der Waals surface area (Å²) in [5.74, 6) is 0.823. The van der Waals surface area contributed by atoms with Crippen molar-refractivity contribution in [2.24, 2.45) is 0 Å². The van der Waals surface area contributed by atoms with Crippen molar-refractivity contribution < 1.29 is 4.79 Å². The van der Waals surface area contributed by atoms with Gasteiger partial charge >= 0.3 is 6.03 Å². The molecule has 32 heavy (non-hydrogen) atoms. The number of carbonyl (C=O) groups is 1. The van der Waals surface area contributed by atoms with Gasteiger partial charge in [-0.25, -0.2) is 19.7 Å². The number of hydrogen-bond donors (Lipinski definition) is 3. The molecule has 9 heteroatoms. The number of aryl methyl sites for hydroxylation is 1. The number of H-pyrrole nitrogens is 1. The van der Waals surface area contributed by atoms with Crippen LogP contribution in [0, 0.1) is 6.92 Å². The Bertz CT molecular complexity index is 1210. The number of urea groups is 1. The summed E-state index contributed by atoms with van der Waals surface area (Å²) in [7, 11) is 0. The number of imidazole rings is 1. The monoisotopic (exact) mass is 447 g/mol. The first-order chi connectivity index (χ1) is 15.6. The van der Waals surface area contributed by atoms with Gasteiger partial charge in [-0.1, -0.05) is 6.07 Å². The van der Waals surface area contributed by atoms with Gasteiger partial charge in [0, 0.05) is 36.8 Å². The second-order valence-corrected chi connectivity index (χ2v) is 9.13. The molecule has 164 valence electrons. The molecule has 0 saturated carbocycles. The van der Waals surface area contributed by atoms with E-state index in [1.165, 1.54) is 36.2 Å². The maximum Gasteiger partial charge on any atom is 0.325 e. The van der Waals surface area contributed by atoms with Crippen LogP contribution in [0.15, 0.2) is 42.7 Å². The third kappa shape index (κ3) is 4.57. The van der Waals surface area contributed by atoms with Gasteiger partial charge in [0.1, 0.15) is 5.82 Å². The number of rotatable bonds is 5. The molecule has 8 nitrogen and oxygen atoms in total. The summed E-state index contributed by atoms with van der Waals surface area (Å²) in [6, 6.07) is 9.68. The smallest absolute Gasteiger partial charge is 0.325 e. The second-order valence-electron chi connectivity index (χ2n) is 8.01. The highest BCUT2D eigenvalue weighted by Crippen LogP contribution is 2.30. The van der Waals surface area contributed by atoms with Crippen LogP contribution in [0.5, 0.6) is 0 Å². The van der Waals surface area contributed by atoms with Gasteiger partial charge in [0.2, 0.25) is 0 Å². The summed E-state index contributed by atoms with van der Waals surface area (Å²) in [5, 5.41) is 6.43. The first-order valence-electron chi connectivity index (χ1n) is 10.8. The summed E-state index contributed by atoms with van der Waals surface area (Å²) in [5.41, 5.74) is 4.70. The van der Waals surface area contributed by atoms with Crippen LogP contribution in [0.4, 0.5) is 21.3 Å². The number of pyridine rings is 1. The van der Waals surface area contributed by atoms with Crippen LogP contribution in [0.2, 0.25) is 0 Å². The largest absolute Gasteiger partial charge is 0.370 e. The Kier molecular flexibility index (Phi) is 5.72. The van der Waals surface area contributed by atoms with E-state index in [4.69, 9.17) is 0 Å². The topological polar surface area (TPSA) is 98.8 Å². The van der Waals surface area contributed by atoms with Crippen molar-refractivity contribution >= 4 is 45.0 Å². The number of piperidine rings is 1. The molecule has 0 aliphatic carbocycles. The Morgan fingerprint density at radius 2 is 2.03 bits per heavy atom. The molecule has 1 saturated heterocycles. The average molecular weight is 448 g/mol. The third-order valence-corrected chi connectivity index (χ3v) is 6.43. The van der Waals surface area contributed by atoms with Crippen LogP contribution < -0.4 is 15.5 Å². The number of hydrogen-bond acceptors (Lipinski definition) is 6. The molecule has 4 aromatic rings. The summed E-state index contributed by atoms with van der Waals surface area (Å²) >= 11 is 1.44. The van der Waals surface area contributed by atoms with Crippen molar-refractivity contribution in [1.82, 2.24) is 19.9 Å². The normalized spacial score (nSPS) is 14.0. The molecule has 1 fully saturated rings. The van der Waals surface area contributed by atoms with E-state index >= 15 is 0 Å². The van der Waals surface area contributed by atoms with E-state index in [9.17, 15) is 4.79 Å². The number of aromatic amines is 1. The number of thiazole rings is 1. The highest BCUT2D eigenvalue weighted by Gasteiger charge is 2.17. The van der Waals surface area contributed by atoms with Crippen molar-refractivity contribution in [3.8, 4) is 0 Å². The van der Waals surface area contributed by atoms with Gasteiger partial charge in [-0.05, 0) is 56.0 Å². The summed E-state index contributed by atoms with van der Waals surface area (Å²) in [6.45, 7) is 4.12. The fourth-order valence-electron chi connectivity index (χ4n) is 3.99. The average Bonchev–Trinajstić information content (AvgIpc) is 3.41. The van der Waals surface area contributed by atoms with E-state index < -0.39 is 0 Å². The predicted octanol–water partition coefficient (Wildman–Crippen LogP) is 4.95. The number of amides is 2. The van der Waals surface area contributed by atoms with Crippen LogP contribution in [0.3, 0.4) is 0 Å². The molecule has 0 spiro atoms. The molecule has 2 amide bonds. The van der Waals surface area contributed by atoms with E-state index in [2.05, 4.69) is 48.5 Å². The zero-order valence-corrected chi connectivity index (χ0v) is 18.7. The Labute approximate surface area is 190 Å². The number of aromatic nitrogens is 4. The van der Waals surface area contributed by atoms with Crippen LogP contribution in [-0.2, 0) is 6.42 Å².